The van der Waals surface area contributed by atoms with E-state index in [1.807, 2.05) is 0 Å². The van der Waals surface area contributed by atoms with Crippen LogP contribution in [0.3, 0.4) is 0 Å². The van der Waals surface area contributed by atoms with Crippen LogP contribution in [0.2, 0.25) is 0 Å². The highest BCUT2D eigenvalue weighted by Crippen LogP contribution is 1.72. The van der Waals surface area contributed by atoms with Crippen molar-refractivity contribution in [2.75, 3.05) is 0 Å². The van der Waals surface area contributed by atoms with Gasteiger partial charge in [0.2, 0.25) is 0 Å². The van der Waals surface area contributed by atoms with E-state index >= 15 is 0 Å². The minimum absolute atomic E-state index is 0.00157. The Morgan fingerprint density at radius 1 is 1.14 bits per heavy atom. The maximum atomic E-state index is 11.5. The van der Waals surface area contributed by atoms with Gasteiger partial charge in [-0.1, -0.05) is 4.99 Å². The first-order valence-corrected chi connectivity index (χ1v) is 3.88. The predicted molar refractivity (Wildman–Crippen MR) is 46.2 cm³/mol. The first kappa shape index (κ1) is 8.54. The molecule has 0 unspecified atom stereocenters. The third kappa shape index (κ3) is 0.889. The molecule has 72 valence electrons. The van der Waals surface area contributed by atoms with Gasteiger partial charge in [-0.25, -0.2) is 4.79 Å². The molecule has 1 aromatic heterocycles. The third-order valence-electron chi connectivity index (χ3n) is 2.06. The second kappa shape index (κ2) is 2.47. The van der Waals surface area contributed by atoms with E-state index in [1.165, 1.54) is 18.7 Å². The van der Waals surface area contributed by atoms with Crippen LogP contribution < -0.4 is 27.5 Å². The molecule has 7 nitrogen and oxygen atoms in total. The number of nitrogens with zero attached hydrogens (tertiary/aromatic N) is 4. The molecule has 0 aromatic carbocycles. The van der Waals surface area contributed by atoms with Crippen LogP contribution in [-0.2, 0) is 14.1 Å². The zero-order chi connectivity index (χ0) is 10.5. The van der Waals surface area contributed by atoms with Crippen molar-refractivity contribution in [2.24, 2.45) is 24.1 Å². The predicted octanol–water partition coefficient (Wildman–Crippen LogP) is -4.55. The van der Waals surface area contributed by atoms with Crippen LogP contribution in [0, 0.1) is 0 Å². The molecule has 2 N–H and O–H groups in total. The van der Waals surface area contributed by atoms with Crippen LogP contribution in [0.1, 0.15) is 0 Å². The molecular formula is C7H8N5O2+. The molecule has 1 aliphatic heterocycles. The van der Waals surface area contributed by atoms with Crippen LogP contribution in [-0.4, -0.2) is 15.1 Å². The summed E-state index contributed by atoms with van der Waals surface area (Å²) in [7, 11) is 2.90. The van der Waals surface area contributed by atoms with Crippen molar-refractivity contribution in [3.8, 4) is 0 Å². The Kier molecular flexibility index (Phi) is 1.51. The van der Waals surface area contributed by atoms with Gasteiger partial charge in [-0.2, -0.15) is 0 Å². The molecule has 0 bridgehead atoms. The van der Waals surface area contributed by atoms with E-state index in [0.29, 0.717) is 0 Å². The Morgan fingerprint density at radius 2 is 1.79 bits per heavy atom. The standard InChI is InChI=1S/C7H7N5O2/c1-11-4-3(9-6(8)10-4)5(13)12(2)7(11)14/h8H,1-2H3/p+1. The fourth-order valence-electron chi connectivity index (χ4n) is 1.29. The molecule has 0 amide bonds. The minimum atomic E-state index is -0.479. The van der Waals surface area contributed by atoms with Gasteiger partial charge < -0.3 is 0 Å². The first-order chi connectivity index (χ1) is 6.52. The van der Waals surface area contributed by atoms with E-state index in [0.717, 1.165) is 4.57 Å². The van der Waals surface area contributed by atoms with E-state index in [1.54, 1.807) is 0 Å². The number of hydrogen-bond acceptors (Lipinski definition) is 2. The summed E-state index contributed by atoms with van der Waals surface area (Å²) in [4.78, 5) is 30.5. The summed E-state index contributed by atoms with van der Waals surface area (Å²) in [6, 6.07) is 0. The van der Waals surface area contributed by atoms with Gasteiger partial charge in [0.15, 0.2) is 0 Å². The third-order valence-corrected chi connectivity index (χ3v) is 2.06. The van der Waals surface area contributed by atoms with Crippen molar-refractivity contribution in [2.45, 2.75) is 0 Å². The van der Waals surface area contributed by atoms with Crippen molar-refractivity contribution in [3.63, 3.8) is 0 Å². The molecule has 0 fully saturated rings. The average molecular weight is 194 g/mol. The van der Waals surface area contributed by atoms with Crippen molar-refractivity contribution < 1.29 is 5.41 Å². The summed E-state index contributed by atoms with van der Waals surface area (Å²) in [5.74, 6) is -0.00157. The molecular weight excluding hydrogens is 186 g/mol. The van der Waals surface area contributed by atoms with E-state index in [9.17, 15) is 9.59 Å². The molecule has 1 aliphatic rings. The average Bonchev–Trinajstić information content (AvgIpc) is 2.54. The van der Waals surface area contributed by atoms with Gasteiger partial charge in [0.25, 0.3) is 10.8 Å². The van der Waals surface area contributed by atoms with Crippen LogP contribution >= 0.6 is 0 Å². The van der Waals surface area contributed by atoms with Crippen molar-refractivity contribution >= 4 is 5.96 Å². The van der Waals surface area contributed by atoms with E-state index in [2.05, 4.69) is 9.98 Å². The second-order valence-corrected chi connectivity index (χ2v) is 2.96. The van der Waals surface area contributed by atoms with Gasteiger partial charge in [0, 0.05) is 14.1 Å². The molecule has 0 saturated carbocycles. The molecule has 14 heavy (non-hydrogen) atoms. The summed E-state index contributed by atoms with van der Waals surface area (Å²) < 4.78 is 2.20. The molecule has 1 aromatic rings. The number of fused-ring (bicyclic) bond motifs is 1. The molecule has 0 atom stereocenters. The largest absolute Gasteiger partial charge is 0.426 e. The Morgan fingerprint density at radius 3 is 2.43 bits per heavy atom. The zero-order valence-corrected chi connectivity index (χ0v) is 7.68. The molecule has 0 saturated heterocycles. The van der Waals surface area contributed by atoms with Crippen LogP contribution in [0.4, 0.5) is 0 Å². The molecule has 0 radical (unpaired) electrons. The Labute approximate surface area is 77.2 Å². The molecule has 2 heterocycles. The van der Waals surface area contributed by atoms with Gasteiger partial charge in [0.1, 0.15) is 0 Å². The Balaban J connectivity index is 3.24. The molecule has 2 rings (SSSR count). The lowest BCUT2D eigenvalue weighted by atomic mass is 10.5. The zero-order valence-electron chi connectivity index (χ0n) is 7.68. The number of aromatic nitrogens is 2. The monoisotopic (exact) mass is 194 g/mol. The maximum Gasteiger partial charge on any atom is 0.426 e. The fraction of sp³-hybridized carbons (Fsp3) is 0.286. The topological polar surface area (TPSA) is 94.3 Å². The highest BCUT2D eigenvalue weighted by atomic mass is 16.2. The van der Waals surface area contributed by atoms with E-state index < -0.39 is 11.2 Å². The fourth-order valence-corrected chi connectivity index (χ4v) is 1.29. The molecule has 0 aliphatic carbocycles. The van der Waals surface area contributed by atoms with Gasteiger partial charge in [-0.3, -0.25) is 19.3 Å². The SMILES string of the molecule is Cn1c(=O)c2c(n(C)c1=O)=NC(=[NH2+])N=2. The first-order valence-electron chi connectivity index (χ1n) is 3.88. The van der Waals surface area contributed by atoms with Crippen LogP contribution in [0.15, 0.2) is 19.6 Å². The van der Waals surface area contributed by atoms with Crippen LogP contribution in [0.25, 0.3) is 0 Å². The van der Waals surface area contributed by atoms with E-state index in [4.69, 9.17) is 5.41 Å². The Bertz CT molecular complexity index is 663. The Hall–Kier alpha value is -2.05. The quantitative estimate of drug-likeness (QED) is 0.450. The summed E-state index contributed by atoms with van der Waals surface area (Å²) in [6.45, 7) is 0. The summed E-state index contributed by atoms with van der Waals surface area (Å²) in [5, 5.41) is 5.46. The number of rotatable bonds is 0. The summed E-state index contributed by atoms with van der Waals surface area (Å²) in [5.41, 5.74) is -0.703. The smallest absolute Gasteiger partial charge is 0.284 e. The summed E-state index contributed by atoms with van der Waals surface area (Å²) in [6.07, 6.45) is 0. The van der Waals surface area contributed by atoms with Crippen molar-refractivity contribution in [1.29, 1.82) is 0 Å². The number of hydrogen-bond donors (Lipinski definition) is 1. The molecule has 7 heteroatoms. The lowest BCUT2D eigenvalue weighted by molar-refractivity contribution is -0.116. The van der Waals surface area contributed by atoms with Gasteiger partial charge in [-0.05, 0) is 4.99 Å². The van der Waals surface area contributed by atoms with Crippen LogP contribution in [0.5, 0.6) is 0 Å². The van der Waals surface area contributed by atoms with E-state index in [-0.39, 0.29) is 16.8 Å². The van der Waals surface area contributed by atoms with Gasteiger partial charge in [-0.15, -0.1) is 0 Å². The lowest BCUT2D eigenvalue weighted by Crippen LogP contribution is -2.55. The van der Waals surface area contributed by atoms with Gasteiger partial charge in [0.05, 0.1) is 0 Å². The van der Waals surface area contributed by atoms with Gasteiger partial charge >= 0.3 is 17.2 Å². The second-order valence-electron chi connectivity index (χ2n) is 2.96. The highest BCUT2D eigenvalue weighted by molar-refractivity contribution is 5.76. The number of nitrogens with two attached hydrogens (primary N) is 1. The minimum Gasteiger partial charge on any atom is -0.284 e. The maximum absolute atomic E-state index is 11.5. The summed E-state index contributed by atoms with van der Waals surface area (Å²) >= 11 is 0. The van der Waals surface area contributed by atoms with Crippen molar-refractivity contribution in [3.05, 3.63) is 31.7 Å². The lowest BCUT2D eigenvalue weighted by Gasteiger charge is -1.96. The highest BCUT2D eigenvalue weighted by Gasteiger charge is 2.19. The van der Waals surface area contributed by atoms with Crippen molar-refractivity contribution in [1.82, 2.24) is 9.13 Å². The number of guanidine groups is 1. The normalized spacial score (nSPS) is 13.4. The molecule has 0 spiro atoms.